The number of hydrogen-bond acceptors (Lipinski definition) is 4. The Morgan fingerprint density at radius 3 is 2.44 bits per heavy atom. The third-order valence-corrected chi connectivity index (χ3v) is 7.19. The number of sulfonamides is 1. The van der Waals surface area contributed by atoms with Crippen molar-refractivity contribution in [3.8, 4) is 11.8 Å². The van der Waals surface area contributed by atoms with Crippen molar-refractivity contribution >= 4 is 44.8 Å². The van der Waals surface area contributed by atoms with Gasteiger partial charge in [0.2, 0.25) is 15.9 Å². The Bertz CT molecular complexity index is 1330. The van der Waals surface area contributed by atoms with Crippen LogP contribution in [0, 0.1) is 11.8 Å². The van der Waals surface area contributed by atoms with Crippen molar-refractivity contribution in [1.82, 2.24) is 9.62 Å². The first-order valence-electron chi connectivity index (χ1n) is 11.1. The van der Waals surface area contributed by atoms with Crippen LogP contribution in [0.25, 0.3) is 10.8 Å². The lowest BCUT2D eigenvalue weighted by molar-refractivity contribution is -0.133. The number of amides is 1. The molecule has 0 saturated carbocycles. The number of nitrogens with two attached hydrogens (primary N) is 1. The molecule has 0 aliphatic carbocycles. The van der Waals surface area contributed by atoms with Gasteiger partial charge >= 0.3 is 0 Å². The van der Waals surface area contributed by atoms with Crippen molar-refractivity contribution in [2.24, 2.45) is 0 Å². The topological polar surface area (TPSA) is 92.5 Å². The smallest absolute Gasteiger partial charge is 0.241 e. The molecule has 0 spiro atoms. The van der Waals surface area contributed by atoms with E-state index in [0.717, 1.165) is 35.6 Å². The number of nitrogen functional groups attached to an aromatic ring is 1. The number of benzene rings is 3. The lowest BCUT2D eigenvalue weighted by Gasteiger charge is -2.30. The first kappa shape index (κ1) is 25.6. The zero-order chi connectivity index (χ0) is 23.3. The van der Waals surface area contributed by atoms with Crippen LogP contribution in [-0.2, 0) is 14.8 Å². The lowest BCUT2D eigenvalue weighted by atomic mass is 10.1. The van der Waals surface area contributed by atoms with Crippen LogP contribution in [0.1, 0.15) is 31.2 Å². The van der Waals surface area contributed by atoms with Gasteiger partial charge in [0.15, 0.2) is 0 Å². The molecule has 1 heterocycles. The highest BCUT2D eigenvalue weighted by molar-refractivity contribution is 7.89. The van der Waals surface area contributed by atoms with Gasteiger partial charge in [0.05, 0.1) is 4.90 Å². The minimum absolute atomic E-state index is 0. The summed E-state index contributed by atoms with van der Waals surface area (Å²) in [5.74, 6) is 5.73. The fourth-order valence-corrected chi connectivity index (χ4v) is 5.20. The fraction of sp³-hybridized carbons (Fsp3) is 0.269. The summed E-state index contributed by atoms with van der Waals surface area (Å²) in [4.78, 5) is 15.1. The maximum absolute atomic E-state index is 13.2. The summed E-state index contributed by atoms with van der Waals surface area (Å²) < 4.78 is 29.0. The van der Waals surface area contributed by atoms with Crippen molar-refractivity contribution in [3.05, 3.63) is 72.3 Å². The van der Waals surface area contributed by atoms with Crippen LogP contribution in [0.5, 0.6) is 0 Å². The zero-order valence-electron chi connectivity index (χ0n) is 18.7. The average Bonchev–Trinajstić information content (AvgIpc) is 2.83. The van der Waals surface area contributed by atoms with E-state index >= 15 is 0 Å². The van der Waals surface area contributed by atoms with Crippen LogP contribution in [-0.4, -0.2) is 38.4 Å². The number of hydrogen-bond donors (Lipinski definition) is 2. The Morgan fingerprint density at radius 1 is 0.971 bits per heavy atom. The van der Waals surface area contributed by atoms with Crippen LogP contribution < -0.4 is 10.5 Å². The second kappa shape index (κ2) is 11.4. The molecule has 8 heteroatoms. The Morgan fingerprint density at radius 2 is 1.71 bits per heavy atom. The molecular weight excluding hydrogens is 470 g/mol. The number of piperidine rings is 1. The van der Waals surface area contributed by atoms with E-state index in [-0.39, 0.29) is 29.6 Å². The number of nitrogens with zero attached hydrogens (tertiary/aromatic N) is 1. The van der Waals surface area contributed by atoms with Gasteiger partial charge in [-0.05, 0) is 60.4 Å². The van der Waals surface area contributed by atoms with Crippen LogP contribution in [0.2, 0.25) is 0 Å². The maximum atomic E-state index is 13.2. The molecular formula is C26H28ClN3O3S. The molecule has 0 aromatic heterocycles. The summed E-state index contributed by atoms with van der Waals surface area (Å²) in [6, 6.07) is 18.7. The number of carbonyl (C=O) groups excluding carboxylic acids is 1. The van der Waals surface area contributed by atoms with Gasteiger partial charge in [0, 0.05) is 30.8 Å². The van der Waals surface area contributed by atoms with Crippen LogP contribution >= 0.6 is 12.4 Å². The fourth-order valence-electron chi connectivity index (χ4n) is 3.98. The van der Waals surface area contributed by atoms with Gasteiger partial charge in [-0.2, -0.15) is 4.72 Å². The van der Waals surface area contributed by atoms with E-state index in [0.29, 0.717) is 18.8 Å². The highest BCUT2D eigenvalue weighted by Crippen LogP contribution is 2.20. The number of carbonyl (C=O) groups is 1. The number of rotatable bonds is 5. The molecule has 1 fully saturated rings. The summed E-state index contributed by atoms with van der Waals surface area (Å²) in [5.41, 5.74) is 7.12. The molecule has 4 rings (SSSR count). The molecule has 1 amide bonds. The standard InChI is InChI=1S/C26H27N3O3S.ClH/c27-23-12-6-8-20(18-23)9-7-13-25(26(30)29-16-4-1-5-17-29)28-33(31,32)24-15-14-21-10-2-3-11-22(21)19-24;/h2-3,6,8,10-12,14-15,18-19,25,28H,1,4-5,13,16-17,27H2;1H/t25-;/m0./s1. The third kappa shape index (κ3) is 6.29. The molecule has 0 bridgehead atoms. The molecule has 3 aromatic rings. The summed E-state index contributed by atoms with van der Waals surface area (Å²) in [6.45, 7) is 1.27. The molecule has 1 atom stereocenters. The minimum Gasteiger partial charge on any atom is -0.399 e. The van der Waals surface area contributed by atoms with Gasteiger partial charge < -0.3 is 10.6 Å². The minimum atomic E-state index is -3.92. The second-order valence-corrected chi connectivity index (χ2v) is 9.91. The molecule has 1 aliphatic rings. The van der Waals surface area contributed by atoms with E-state index in [1.54, 1.807) is 41.3 Å². The molecule has 34 heavy (non-hydrogen) atoms. The molecule has 0 unspecified atom stereocenters. The quantitative estimate of drug-likeness (QED) is 0.412. The van der Waals surface area contributed by atoms with Crippen molar-refractivity contribution < 1.29 is 13.2 Å². The largest absolute Gasteiger partial charge is 0.399 e. The number of fused-ring (bicyclic) bond motifs is 1. The number of halogens is 1. The van der Waals surface area contributed by atoms with Gasteiger partial charge in [-0.1, -0.05) is 48.2 Å². The Labute approximate surface area is 207 Å². The Kier molecular flexibility index (Phi) is 8.56. The maximum Gasteiger partial charge on any atom is 0.241 e. The predicted molar refractivity (Wildman–Crippen MR) is 138 cm³/mol. The summed E-state index contributed by atoms with van der Waals surface area (Å²) in [6.07, 6.45) is 2.99. The first-order chi connectivity index (χ1) is 15.9. The van der Waals surface area contributed by atoms with Gasteiger partial charge in [0.1, 0.15) is 6.04 Å². The van der Waals surface area contributed by atoms with E-state index in [1.165, 1.54) is 0 Å². The number of likely N-dealkylation sites (tertiary alicyclic amines) is 1. The van der Waals surface area contributed by atoms with Gasteiger partial charge in [-0.3, -0.25) is 4.79 Å². The van der Waals surface area contributed by atoms with Crippen LogP contribution in [0.4, 0.5) is 5.69 Å². The van der Waals surface area contributed by atoms with E-state index in [9.17, 15) is 13.2 Å². The molecule has 0 radical (unpaired) electrons. The monoisotopic (exact) mass is 497 g/mol. The predicted octanol–water partition coefficient (Wildman–Crippen LogP) is 3.95. The molecule has 6 nitrogen and oxygen atoms in total. The Hall–Kier alpha value is -3.05. The normalized spacial score (nSPS) is 14.5. The van der Waals surface area contributed by atoms with Crippen molar-refractivity contribution in [3.63, 3.8) is 0 Å². The van der Waals surface area contributed by atoms with E-state index in [1.807, 2.05) is 30.3 Å². The van der Waals surface area contributed by atoms with E-state index < -0.39 is 16.1 Å². The zero-order valence-corrected chi connectivity index (χ0v) is 20.4. The highest BCUT2D eigenvalue weighted by Gasteiger charge is 2.29. The van der Waals surface area contributed by atoms with Gasteiger partial charge in [0.25, 0.3) is 0 Å². The molecule has 1 saturated heterocycles. The second-order valence-electron chi connectivity index (χ2n) is 8.20. The van der Waals surface area contributed by atoms with E-state index in [2.05, 4.69) is 16.6 Å². The summed E-state index contributed by atoms with van der Waals surface area (Å²) >= 11 is 0. The third-order valence-electron chi connectivity index (χ3n) is 5.72. The molecule has 3 aromatic carbocycles. The highest BCUT2D eigenvalue weighted by atomic mass is 35.5. The molecule has 3 N–H and O–H groups in total. The Balaban J connectivity index is 0.00000324. The summed E-state index contributed by atoms with van der Waals surface area (Å²) in [5, 5.41) is 1.77. The summed E-state index contributed by atoms with van der Waals surface area (Å²) in [7, 11) is -3.92. The number of anilines is 1. The van der Waals surface area contributed by atoms with Gasteiger partial charge in [-0.15, -0.1) is 12.4 Å². The first-order valence-corrected chi connectivity index (χ1v) is 12.5. The van der Waals surface area contributed by atoms with E-state index in [4.69, 9.17) is 5.73 Å². The van der Waals surface area contributed by atoms with Crippen molar-refractivity contribution in [2.75, 3.05) is 18.8 Å². The van der Waals surface area contributed by atoms with Crippen molar-refractivity contribution in [2.45, 2.75) is 36.6 Å². The van der Waals surface area contributed by atoms with Gasteiger partial charge in [-0.25, -0.2) is 8.42 Å². The molecule has 1 aliphatic heterocycles. The average molecular weight is 498 g/mol. The SMILES string of the molecule is Cl.Nc1cccc(C#CC[C@H](NS(=O)(=O)c2ccc3ccccc3c2)C(=O)N2CCCCC2)c1. The molecule has 178 valence electrons. The van der Waals surface area contributed by atoms with Crippen molar-refractivity contribution in [1.29, 1.82) is 0 Å². The number of nitrogens with one attached hydrogen (secondary N) is 1. The van der Waals surface area contributed by atoms with Crippen LogP contribution in [0.15, 0.2) is 71.6 Å². The van der Waals surface area contributed by atoms with Crippen LogP contribution in [0.3, 0.4) is 0 Å². The lowest BCUT2D eigenvalue weighted by Crippen LogP contribution is -2.49.